The maximum Gasteiger partial charge on any atom is 0.416 e. The average molecular weight is 304 g/mol. The van der Waals surface area contributed by atoms with Crippen LogP contribution in [0.5, 0.6) is 5.88 Å². The molecule has 0 bridgehead atoms. The minimum Gasteiger partial charge on any atom is -0.478 e. The van der Waals surface area contributed by atoms with Crippen molar-refractivity contribution in [3.63, 3.8) is 0 Å². The van der Waals surface area contributed by atoms with Gasteiger partial charge in [-0.05, 0) is 18.9 Å². The van der Waals surface area contributed by atoms with E-state index in [-0.39, 0.29) is 11.7 Å². The number of hydrogen-bond acceptors (Lipinski definition) is 3. The third kappa shape index (κ3) is 6.69. The molecule has 1 aromatic rings. The minimum absolute atomic E-state index is 0.0277. The molecule has 120 valence electrons. The lowest BCUT2D eigenvalue weighted by Crippen LogP contribution is -2.10. The van der Waals surface area contributed by atoms with Crippen LogP contribution < -0.4 is 10.1 Å². The lowest BCUT2D eigenvalue weighted by molar-refractivity contribution is -0.137. The van der Waals surface area contributed by atoms with Gasteiger partial charge in [-0.25, -0.2) is 0 Å². The Bertz CT molecular complexity index is 422. The molecule has 1 rings (SSSR count). The molecule has 3 nitrogen and oxygen atoms in total. The first-order valence-electron chi connectivity index (χ1n) is 7.43. The molecule has 0 aliphatic heterocycles. The van der Waals surface area contributed by atoms with Crippen LogP contribution in [0.25, 0.3) is 0 Å². The molecule has 1 heterocycles. The van der Waals surface area contributed by atoms with E-state index in [0.717, 1.165) is 44.2 Å². The zero-order valence-corrected chi connectivity index (χ0v) is 12.6. The second kappa shape index (κ2) is 8.74. The third-order valence-corrected chi connectivity index (χ3v) is 2.93. The Morgan fingerprint density at radius 2 is 1.86 bits per heavy atom. The van der Waals surface area contributed by atoms with Crippen molar-refractivity contribution in [2.45, 2.75) is 52.1 Å². The Morgan fingerprint density at radius 1 is 1.10 bits per heavy atom. The molecule has 0 fully saturated rings. The van der Waals surface area contributed by atoms with Crippen molar-refractivity contribution < 1.29 is 17.9 Å². The summed E-state index contributed by atoms with van der Waals surface area (Å²) in [5, 5.41) is 2.87. The standard InChI is InChI=1S/C15H23F3N2O/c1-3-5-6-7-9-21-14-11-12(15(16,17)18)10-13(20-14)19-8-4-2/h10-11H,3-9H2,1-2H3,(H,19,20). The molecule has 0 aromatic carbocycles. The summed E-state index contributed by atoms with van der Waals surface area (Å²) < 4.78 is 43.9. The van der Waals surface area contributed by atoms with Gasteiger partial charge in [-0.2, -0.15) is 18.2 Å². The van der Waals surface area contributed by atoms with Crippen LogP contribution in [0.15, 0.2) is 12.1 Å². The molecule has 0 atom stereocenters. The Kier molecular flexibility index (Phi) is 7.32. The molecular weight excluding hydrogens is 281 g/mol. The highest BCUT2D eigenvalue weighted by molar-refractivity contribution is 5.42. The number of ether oxygens (including phenoxy) is 1. The fraction of sp³-hybridized carbons (Fsp3) is 0.667. The van der Waals surface area contributed by atoms with Gasteiger partial charge < -0.3 is 10.1 Å². The summed E-state index contributed by atoms with van der Waals surface area (Å²) in [5.41, 5.74) is -0.736. The zero-order chi connectivity index (χ0) is 15.7. The van der Waals surface area contributed by atoms with Crippen molar-refractivity contribution in [3.8, 4) is 5.88 Å². The summed E-state index contributed by atoms with van der Waals surface area (Å²) in [7, 11) is 0. The lowest BCUT2D eigenvalue weighted by atomic mass is 10.2. The van der Waals surface area contributed by atoms with Crippen LogP contribution in [-0.2, 0) is 6.18 Å². The van der Waals surface area contributed by atoms with Gasteiger partial charge in [0.15, 0.2) is 0 Å². The molecule has 0 saturated heterocycles. The third-order valence-electron chi connectivity index (χ3n) is 2.93. The van der Waals surface area contributed by atoms with Crippen molar-refractivity contribution in [2.24, 2.45) is 0 Å². The van der Waals surface area contributed by atoms with Gasteiger partial charge in [-0.15, -0.1) is 0 Å². The van der Waals surface area contributed by atoms with Crippen molar-refractivity contribution in [1.29, 1.82) is 0 Å². The molecule has 0 aliphatic carbocycles. The van der Waals surface area contributed by atoms with Gasteiger partial charge in [0, 0.05) is 12.6 Å². The second-order valence-electron chi connectivity index (χ2n) is 4.91. The molecule has 0 unspecified atom stereocenters. The maximum absolute atomic E-state index is 12.8. The van der Waals surface area contributed by atoms with Gasteiger partial charge in [0.25, 0.3) is 0 Å². The minimum atomic E-state index is -4.40. The smallest absolute Gasteiger partial charge is 0.416 e. The van der Waals surface area contributed by atoms with Crippen LogP contribution in [0, 0.1) is 0 Å². The van der Waals surface area contributed by atoms with E-state index < -0.39 is 11.7 Å². The van der Waals surface area contributed by atoms with Crippen LogP contribution in [0.4, 0.5) is 19.0 Å². The van der Waals surface area contributed by atoms with Gasteiger partial charge in [0.1, 0.15) is 5.82 Å². The average Bonchev–Trinajstić information content (AvgIpc) is 2.44. The quantitative estimate of drug-likeness (QED) is 0.660. The summed E-state index contributed by atoms with van der Waals surface area (Å²) in [6.45, 7) is 5.00. The molecule has 0 saturated carbocycles. The predicted octanol–water partition coefficient (Wildman–Crippen LogP) is 4.88. The van der Waals surface area contributed by atoms with E-state index in [9.17, 15) is 13.2 Å². The highest BCUT2D eigenvalue weighted by Gasteiger charge is 2.32. The topological polar surface area (TPSA) is 34.1 Å². The highest BCUT2D eigenvalue weighted by Crippen LogP contribution is 2.32. The fourth-order valence-electron chi connectivity index (χ4n) is 1.79. The van der Waals surface area contributed by atoms with Gasteiger partial charge >= 0.3 is 6.18 Å². The number of anilines is 1. The number of aromatic nitrogens is 1. The van der Waals surface area contributed by atoms with Crippen molar-refractivity contribution in [2.75, 3.05) is 18.5 Å². The predicted molar refractivity (Wildman–Crippen MR) is 77.7 cm³/mol. The van der Waals surface area contributed by atoms with E-state index in [1.165, 1.54) is 0 Å². The van der Waals surface area contributed by atoms with E-state index in [4.69, 9.17) is 4.74 Å². The van der Waals surface area contributed by atoms with Gasteiger partial charge in [0.05, 0.1) is 12.2 Å². The van der Waals surface area contributed by atoms with Gasteiger partial charge in [-0.3, -0.25) is 0 Å². The fourth-order valence-corrected chi connectivity index (χ4v) is 1.79. The summed E-state index contributed by atoms with van der Waals surface area (Å²) >= 11 is 0. The Morgan fingerprint density at radius 3 is 2.48 bits per heavy atom. The lowest BCUT2D eigenvalue weighted by Gasteiger charge is -2.13. The summed E-state index contributed by atoms with van der Waals surface area (Å²) in [6.07, 6.45) is 0.451. The van der Waals surface area contributed by atoms with Crippen LogP contribution in [0.1, 0.15) is 51.5 Å². The molecule has 21 heavy (non-hydrogen) atoms. The molecule has 1 aromatic heterocycles. The Balaban J connectivity index is 2.72. The highest BCUT2D eigenvalue weighted by atomic mass is 19.4. The molecular formula is C15H23F3N2O. The number of nitrogens with one attached hydrogen (secondary N) is 1. The second-order valence-corrected chi connectivity index (χ2v) is 4.91. The van der Waals surface area contributed by atoms with Crippen molar-refractivity contribution >= 4 is 5.82 Å². The monoisotopic (exact) mass is 304 g/mol. The SMILES string of the molecule is CCCCCCOc1cc(C(F)(F)F)cc(NCCC)n1. The first kappa shape index (κ1) is 17.6. The normalized spacial score (nSPS) is 11.5. The van der Waals surface area contributed by atoms with Gasteiger partial charge in [0.2, 0.25) is 5.88 Å². The summed E-state index contributed by atoms with van der Waals surface area (Å²) in [6, 6.07) is 1.97. The number of nitrogens with zero attached hydrogens (tertiary/aromatic N) is 1. The first-order valence-corrected chi connectivity index (χ1v) is 7.43. The maximum atomic E-state index is 12.8. The van der Waals surface area contributed by atoms with E-state index in [1.807, 2.05) is 6.92 Å². The number of unbranched alkanes of at least 4 members (excludes halogenated alkanes) is 3. The molecule has 6 heteroatoms. The van der Waals surface area contributed by atoms with E-state index >= 15 is 0 Å². The zero-order valence-electron chi connectivity index (χ0n) is 12.6. The van der Waals surface area contributed by atoms with Crippen LogP contribution >= 0.6 is 0 Å². The van der Waals surface area contributed by atoms with Crippen molar-refractivity contribution in [1.82, 2.24) is 4.98 Å². The molecule has 0 spiro atoms. The number of halogens is 3. The molecule has 0 aliphatic rings. The number of alkyl halides is 3. The van der Waals surface area contributed by atoms with E-state index in [1.54, 1.807) is 0 Å². The largest absolute Gasteiger partial charge is 0.478 e. The number of hydrogen-bond donors (Lipinski definition) is 1. The molecule has 0 radical (unpaired) electrons. The number of pyridine rings is 1. The molecule has 0 amide bonds. The Labute approximate surface area is 123 Å². The summed E-state index contributed by atoms with van der Waals surface area (Å²) in [4.78, 5) is 4.07. The Hall–Kier alpha value is -1.46. The van der Waals surface area contributed by atoms with Gasteiger partial charge in [-0.1, -0.05) is 33.1 Å². The van der Waals surface area contributed by atoms with E-state index in [0.29, 0.717) is 13.2 Å². The van der Waals surface area contributed by atoms with E-state index in [2.05, 4.69) is 17.2 Å². The molecule has 1 N–H and O–H groups in total. The van der Waals surface area contributed by atoms with Crippen LogP contribution in [-0.4, -0.2) is 18.1 Å². The first-order chi connectivity index (χ1) is 9.97. The van der Waals surface area contributed by atoms with Crippen LogP contribution in [0.3, 0.4) is 0 Å². The summed E-state index contributed by atoms with van der Waals surface area (Å²) in [5.74, 6) is 0.232. The van der Waals surface area contributed by atoms with Crippen molar-refractivity contribution in [3.05, 3.63) is 17.7 Å². The number of rotatable bonds is 9. The van der Waals surface area contributed by atoms with Crippen LogP contribution in [0.2, 0.25) is 0 Å².